The number of carboxylic acid groups (broad SMARTS) is 1. The van der Waals surface area contributed by atoms with Crippen LogP contribution in [0.5, 0.6) is 0 Å². The standard InChI is InChI=1S/C73H133NO8/c1-6-8-10-12-14-16-18-20-22-24-26-27-28-29-30-31-32-33-34-35-36-37-38-39-40-41-42-43-44-46-47-49-51-53-55-57-59-61-63-70(75)80-67-69(68-81-73(72(77)78)79-66-65-74(3,4)5)82-71(76)64-62-60-58-56-54-52-50-48-45-25-23-21-19-17-15-13-11-9-7-2/h9,11,15,17,21,23,45,48,52,54,69,73H,6-8,10,12-14,16,18-20,22,24-44,46-47,49-51,53,55-68H2,1-5H3/p+1/b11-9-,17-15-,23-21-,48-45-,54-52-. The lowest BCUT2D eigenvalue weighted by Crippen LogP contribution is -2.40. The van der Waals surface area contributed by atoms with Crippen molar-refractivity contribution < 1.29 is 42.9 Å². The SMILES string of the molecule is CC/C=C\C/C=C\C/C=C\C/C=C\C/C=C\CCCCCC(=O)OC(COC(=O)CCCCCCCCCCCCCCCCCCCCCCCCCCCCCCCCCCCCCCCC)COC(OCC[N+](C)(C)C)C(=O)O. The number of carbonyl (C=O) groups excluding carboxylic acids is 2. The molecule has 0 aromatic carbocycles. The molecule has 0 aliphatic rings. The molecule has 0 aromatic heterocycles. The van der Waals surface area contributed by atoms with Gasteiger partial charge < -0.3 is 28.5 Å². The fourth-order valence-electron chi connectivity index (χ4n) is 10.2. The molecule has 478 valence electrons. The number of ether oxygens (including phenoxy) is 4. The van der Waals surface area contributed by atoms with E-state index in [1.807, 2.05) is 21.1 Å². The van der Waals surface area contributed by atoms with Gasteiger partial charge in [-0.05, 0) is 57.8 Å². The van der Waals surface area contributed by atoms with Crippen molar-refractivity contribution in [2.45, 2.75) is 341 Å². The Morgan fingerprint density at radius 2 is 0.695 bits per heavy atom. The molecule has 0 rings (SSSR count). The molecule has 9 heteroatoms. The number of carboxylic acids is 1. The van der Waals surface area contributed by atoms with Crippen molar-refractivity contribution in [3.05, 3.63) is 60.8 Å². The minimum atomic E-state index is -1.52. The van der Waals surface area contributed by atoms with Crippen LogP contribution in [-0.4, -0.2) is 87.4 Å². The van der Waals surface area contributed by atoms with Crippen LogP contribution in [0.15, 0.2) is 60.8 Å². The van der Waals surface area contributed by atoms with Gasteiger partial charge in [0.2, 0.25) is 0 Å². The van der Waals surface area contributed by atoms with Crippen LogP contribution in [0.3, 0.4) is 0 Å². The number of rotatable bonds is 65. The molecule has 0 bridgehead atoms. The first-order chi connectivity index (χ1) is 40.1. The first kappa shape index (κ1) is 79.0. The summed E-state index contributed by atoms with van der Waals surface area (Å²) >= 11 is 0. The van der Waals surface area contributed by atoms with Gasteiger partial charge in [0, 0.05) is 12.8 Å². The van der Waals surface area contributed by atoms with E-state index in [0.717, 1.165) is 70.6 Å². The molecule has 1 N–H and O–H groups in total. The van der Waals surface area contributed by atoms with E-state index in [4.69, 9.17) is 18.9 Å². The zero-order chi connectivity index (χ0) is 59.8. The van der Waals surface area contributed by atoms with Crippen LogP contribution >= 0.6 is 0 Å². The third-order valence-corrected chi connectivity index (χ3v) is 15.5. The van der Waals surface area contributed by atoms with Crippen molar-refractivity contribution in [1.82, 2.24) is 0 Å². The highest BCUT2D eigenvalue weighted by atomic mass is 16.7. The summed E-state index contributed by atoms with van der Waals surface area (Å²) in [5, 5.41) is 9.72. The van der Waals surface area contributed by atoms with Crippen molar-refractivity contribution in [2.75, 3.05) is 47.5 Å². The van der Waals surface area contributed by atoms with E-state index in [-0.39, 0.29) is 32.2 Å². The number of likely N-dealkylation sites (N-methyl/N-ethyl adjacent to an activating group) is 1. The predicted molar refractivity (Wildman–Crippen MR) is 350 cm³/mol. The predicted octanol–water partition coefficient (Wildman–Crippen LogP) is 21.5. The lowest BCUT2D eigenvalue weighted by atomic mass is 10.0. The van der Waals surface area contributed by atoms with E-state index >= 15 is 0 Å². The fourth-order valence-corrected chi connectivity index (χ4v) is 10.2. The molecule has 0 saturated heterocycles. The Balaban J connectivity index is 3.98. The molecular weight excluding hydrogens is 1020 g/mol. The summed E-state index contributed by atoms with van der Waals surface area (Å²) in [6.07, 6.45) is 80.8. The second-order valence-corrected chi connectivity index (χ2v) is 24.8. The number of aliphatic carboxylic acids is 1. The maximum Gasteiger partial charge on any atom is 0.361 e. The van der Waals surface area contributed by atoms with E-state index in [2.05, 4.69) is 74.6 Å². The Morgan fingerprint density at radius 3 is 1.04 bits per heavy atom. The number of unbranched alkanes of at least 4 members (excludes halogenated alkanes) is 40. The molecule has 2 atom stereocenters. The van der Waals surface area contributed by atoms with Crippen LogP contribution < -0.4 is 0 Å². The molecule has 0 saturated carbocycles. The molecule has 0 radical (unpaired) electrons. The van der Waals surface area contributed by atoms with Crippen LogP contribution in [0.25, 0.3) is 0 Å². The zero-order valence-corrected chi connectivity index (χ0v) is 54.7. The lowest BCUT2D eigenvalue weighted by Gasteiger charge is -2.25. The molecule has 0 aromatic rings. The van der Waals surface area contributed by atoms with Gasteiger partial charge >= 0.3 is 17.9 Å². The average molecular weight is 1150 g/mol. The Labute approximate surface area is 507 Å². The first-order valence-corrected chi connectivity index (χ1v) is 35.0. The van der Waals surface area contributed by atoms with E-state index in [1.165, 1.54) is 225 Å². The van der Waals surface area contributed by atoms with Gasteiger partial charge in [0.1, 0.15) is 13.2 Å². The summed E-state index contributed by atoms with van der Waals surface area (Å²) in [4.78, 5) is 37.5. The topological polar surface area (TPSA) is 108 Å². The van der Waals surface area contributed by atoms with Gasteiger partial charge in [-0.25, -0.2) is 4.79 Å². The zero-order valence-electron chi connectivity index (χ0n) is 54.7. The van der Waals surface area contributed by atoms with Crippen molar-refractivity contribution in [3.8, 4) is 0 Å². The van der Waals surface area contributed by atoms with Gasteiger partial charge in [0.25, 0.3) is 6.29 Å². The third-order valence-electron chi connectivity index (χ3n) is 15.5. The highest BCUT2D eigenvalue weighted by molar-refractivity contribution is 5.71. The summed E-state index contributed by atoms with van der Waals surface area (Å²) in [5.74, 6) is -2.04. The van der Waals surface area contributed by atoms with Crippen LogP contribution in [0.4, 0.5) is 0 Å². The Bertz CT molecular complexity index is 1530. The Morgan fingerprint density at radius 1 is 0.378 bits per heavy atom. The summed E-state index contributed by atoms with van der Waals surface area (Å²) in [7, 11) is 5.96. The molecule has 0 fully saturated rings. The second-order valence-electron chi connectivity index (χ2n) is 24.8. The minimum Gasteiger partial charge on any atom is -0.477 e. The van der Waals surface area contributed by atoms with E-state index in [9.17, 15) is 19.5 Å². The first-order valence-electron chi connectivity index (χ1n) is 35.0. The molecule has 82 heavy (non-hydrogen) atoms. The monoisotopic (exact) mass is 1150 g/mol. The van der Waals surface area contributed by atoms with Gasteiger partial charge in [-0.3, -0.25) is 9.59 Å². The average Bonchev–Trinajstić information content (AvgIpc) is 3.45. The maximum atomic E-state index is 12.9. The summed E-state index contributed by atoms with van der Waals surface area (Å²) < 4.78 is 22.9. The molecule has 0 heterocycles. The van der Waals surface area contributed by atoms with E-state index in [1.54, 1.807) is 0 Å². The van der Waals surface area contributed by atoms with Gasteiger partial charge in [0.15, 0.2) is 6.10 Å². The lowest BCUT2D eigenvalue weighted by molar-refractivity contribution is -0.870. The number of quaternary nitrogens is 1. The summed E-state index contributed by atoms with van der Waals surface area (Å²) in [6.45, 7) is 4.76. The van der Waals surface area contributed by atoms with Crippen molar-refractivity contribution >= 4 is 17.9 Å². The number of carbonyl (C=O) groups is 3. The van der Waals surface area contributed by atoms with Gasteiger partial charge in [-0.2, -0.15) is 0 Å². The largest absolute Gasteiger partial charge is 0.477 e. The molecular formula is C73H134NO8+. The van der Waals surface area contributed by atoms with Crippen molar-refractivity contribution in [1.29, 1.82) is 0 Å². The molecule has 0 spiro atoms. The third kappa shape index (κ3) is 64.5. The number of esters is 2. The second kappa shape index (κ2) is 64.0. The normalized spacial score (nSPS) is 13.0. The van der Waals surface area contributed by atoms with Crippen LogP contribution in [0.2, 0.25) is 0 Å². The van der Waals surface area contributed by atoms with E-state index < -0.39 is 24.3 Å². The smallest absolute Gasteiger partial charge is 0.361 e. The van der Waals surface area contributed by atoms with E-state index in [0.29, 0.717) is 23.9 Å². The molecule has 9 nitrogen and oxygen atoms in total. The summed E-state index contributed by atoms with van der Waals surface area (Å²) in [6, 6.07) is 0. The van der Waals surface area contributed by atoms with Crippen LogP contribution in [0.1, 0.15) is 328 Å². The molecule has 0 amide bonds. The Hall–Kier alpha value is -3.01. The number of hydrogen-bond acceptors (Lipinski definition) is 7. The van der Waals surface area contributed by atoms with Crippen molar-refractivity contribution in [2.24, 2.45) is 0 Å². The maximum absolute atomic E-state index is 12.9. The highest BCUT2D eigenvalue weighted by Crippen LogP contribution is 2.19. The number of hydrogen-bond donors (Lipinski definition) is 1. The fraction of sp³-hybridized carbons (Fsp3) is 0.822. The summed E-state index contributed by atoms with van der Waals surface area (Å²) in [5.41, 5.74) is 0. The van der Waals surface area contributed by atoms with Gasteiger partial charge in [-0.1, -0.05) is 319 Å². The number of allylic oxidation sites excluding steroid dienone is 10. The highest BCUT2D eigenvalue weighted by Gasteiger charge is 2.25. The van der Waals surface area contributed by atoms with Crippen molar-refractivity contribution in [3.63, 3.8) is 0 Å². The molecule has 2 unspecified atom stereocenters. The van der Waals surface area contributed by atoms with Gasteiger partial charge in [-0.15, -0.1) is 0 Å². The van der Waals surface area contributed by atoms with Crippen LogP contribution in [0, 0.1) is 0 Å². The number of nitrogens with zero attached hydrogens (tertiary/aromatic N) is 1. The Kier molecular flexibility index (Phi) is 61.6. The van der Waals surface area contributed by atoms with Gasteiger partial charge in [0.05, 0.1) is 34.4 Å². The van der Waals surface area contributed by atoms with Crippen LogP contribution in [-0.2, 0) is 33.3 Å². The quantitative estimate of drug-likeness (QED) is 0.0211. The molecule has 0 aliphatic carbocycles. The molecule has 0 aliphatic heterocycles. The minimum absolute atomic E-state index is 0.180.